The fourth-order valence-corrected chi connectivity index (χ4v) is 3.94. The van der Waals surface area contributed by atoms with Gasteiger partial charge >= 0.3 is 5.97 Å². The summed E-state index contributed by atoms with van der Waals surface area (Å²) in [6, 6.07) is 13.9. The normalized spacial score (nSPS) is 13.1. The Hall–Kier alpha value is -2.67. The third kappa shape index (κ3) is 4.49. The Balaban J connectivity index is 2.52. The summed E-state index contributed by atoms with van der Waals surface area (Å²) in [5.74, 6) is -1.95. The zero-order chi connectivity index (χ0) is 19.2. The van der Waals surface area contributed by atoms with E-state index in [1.165, 1.54) is 38.3 Å². The molecule has 138 valence electrons. The summed E-state index contributed by atoms with van der Waals surface area (Å²) in [7, 11) is -2.54. The van der Waals surface area contributed by atoms with E-state index in [9.17, 15) is 17.6 Å². The van der Waals surface area contributed by atoms with Gasteiger partial charge in [0.15, 0.2) is 9.84 Å². The van der Waals surface area contributed by atoms with Gasteiger partial charge in [0.05, 0.1) is 18.6 Å². The summed E-state index contributed by atoms with van der Waals surface area (Å²) < 4.78 is 49.9. The number of hydrogen-bond donors (Lipinski definition) is 0. The van der Waals surface area contributed by atoms with Gasteiger partial charge in [-0.25, -0.2) is 13.2 Å². The first-order valence-electron chi connectivity index (χ1n) is 7.87. The van der Waals surface area contributed by atoms with Crippen LogP contribution in [-0.2, 0) is 19.4 Å². The van der Waals surface area contributed by atoms with Gasteiger partial charge in [-0.1, -0.05) is 30.3 Å². The quantitative estimate of drug-likeness (QED) is 0.544. The number of ether oxygens (including phenoxy) is 2. The molecular formula is C19H19FO5S. The van der Waals surface area contributed by atoms with Crippen molar-refractivity contribution >= 4 is 15.8 Å². The maximum Gasteiger partial charge on any atom is 0.366 e. The van der Waals surface area contributed by atoms with Gasteiger partial charge in [0, 0.05) is 0 Å². The van der Waals surface area contributed by atoms with E-state index in [0.29, 0.717) is 11.3 Å². The van der Waals surface area contributed by atoms with E-state index in [1.54, 1.807) is 30.3 Å². The first kappa shape index (κ1) is 19.7. The summed E-state index contributed by atoms with van der Waals surface area (Å²) in [5, 5.41) is -1.37. The molecule has 0 heterocycles. The Labute approximate surface area is 152 Å². The van der Waals surface area contributed by atoms with Crippen molar-refractivity contribution in [3.63, 3.8) is 0 Å². The molecule has 1 atom stereocenters. The van der Waals surface area contributed by atoms with E-state index in [4.69, 9.17) is 4.74 Å². The average molecular weight is 378 g/mol. The minimum Gasteiger partial charge on any atom is -0.497 e. The summed E-state index contributed by atoms with van der Waals surface area (Å²) >= 11 is 0. The standard InChI is InChI=1S/C19H19FO5S/c1-3-25-19(21)17(20)13-18(14-7-5-4-6-8-14)26(22,23)16-11-9-15(24-2)10-12-16/h4-13,18H,3H2,1-2H3/b17-13-. The van der Waals surface area contributed by atoms with Crippen LogP contribution in [0.2, 0.25) is 0 Å². The highest BCUT2D eigenvalue weighted by Crippen LogP contribution is 2.32. The third-order valence-corrected chi connectivity index (χ3v) is 5.62. The van der Waals surface area contributed by atoms with Gasteiger partial charge in [0.25, 0.3) is 0 Å². The number of halogens is 1. The molecule has 0 saturated heterocycles. The lowest BCUT2D eigenvalue weighted by molar-refractivity contribution is -0.140. The Morgan fingerprint density at radius 2 is 1.73 bits per heavy atom. The largest absolute Gasteiger partial charge is 0.497 e. The number of sulfone groups is 1. The highest BCUT2D eigenvalue weighted by atomic mass is 32.2. The minimum atomic E-state index is -4.00. The van der Waals surface area contributed by atoms with Crippen molar-refractivity contribution in [3.8, 4) is 5.75 Å². The van der Waals surface area contributed by atoms with Crippen molar-refractivity contribution in [2.24, 2.45) is 0 Å². The average Bonchev–Trinajstić information content (AvgIpc) is 2.66. The number of carbonyl (C=O) groups excluding carboxylic acids is 1. The zero-order valence-corrected chi connectivity index (χ0v) is 15.2. The Morgan fingerprint density at radius 1 is 1.12 bits per heavy atom. The van der Waals surface area contributed by atoms with Crippen LogP contribution >= 0.6 is 0 Å². The van der Waals surface area contributed by atoms with E-state index in [-0.39, 0.29) is 11.5 Å². The lowest BCUT2D eigenvalue weighted by Crippen LogP contribution is -2.14. The Kier molecular flexibility index (Phi) is 6.52. The van der Waals surface area contributed by atoms with E-state index in [1.807, 2.05) is 0 Å². The van der Waals surface area contributed by atoms with Crippen molar-refractivity contribution in [2.75, 3.05) is 13.7 Å². The third-order valence-electron chi connectivity index (χ3n) is 3.62. The van der Waals surface area contributed by atoms with Gasteiger partial charge in [-0.2, -0.15) is 4.39 Å². The van der Waals surface area contributed by atoms with Gasteiger partial charge in [-0.3, -0.25) is 0 Å². The maximum absolute atomic E-state index is 14.2. The van der Waals surface area contributed by atoms with Crippen LogP contribution in [0, 0.1) is 0 Å². The van der Waals surface area contributed by atoms with Crippen LogP contribution in [0.15, 0.2) is 71.4 Å². The second-order valence-corrected chi connectivity index (χ2v) is 7.36. The molecule has 5 nitrogen and oxygen atoms in total. The molecule has 0 aliphatic heterocycles. The fraction of sp³-hybridized carbons (Fsp3) is 0.211. The number of hydrogen-bond acceptors (Lipinski definition) is 5. The van der Waals surface area contributed by atoms with Gasteiger partial charge in [0.2, 0.25) is 5.83 Å². The predicted octanol–water partition coefficient (Wildman–Crippen LogP) is 3.63. The van der Waals surface area contributed by atoms with Crippen molar-refractivity contribution in [3.05, 3.63) is 72.1 Å². The van der Waals surface area contributed by atoms with Crippen LogP contribution in [0.1, 0.15) is 17.7 Å². The molecule has 7 heteroatoms. The molecule has 0 amide bonds. The molecule has 26 heavy (non-hydrogen) atoms. The van der Waals surface area contributed by atoms with Crippen LogP contribution in [0.4, 0.5) is 4.39 Å². The lowest BCUT2D eigenvalue weighted by atomic mass is 10.1. The molecule has 2 rings (SSSR count). The van der Waals surface area contributed by atoms with E-state index in [2.05, 4.69) is 4.74 Å². The Morgan fingerprint density at radius 3 is 2.27 bits per heavy atom. The van der Waals surface area contributed by atoms with Crippen molar-refractivity contribution < 1.29 is 27.1 Å². The van der Waals surface area contributed by atoms with Gasteiger partial charge < -0.3 is 9.47 Å². The van der Waals surface area contributed by atoms with E-state index >= 15 is 0 Å². The fourth-order valence-electron chi connectivity index (χ4n) is 2.32. The summed E-state index contributed by atoms with van der Waals surface area (Å²) in [4.78, 5) is 11.6. The van der Waals surface area contributed by atoms with Crippen LogP contribution in [0.3, 0.4) is 0 Å². The number of esters is 1. The number of methoxy groups -OCH3 is 1. The summed E-state index contributed by atoms with van der Waals surface area (Å²) in [6.07, 6.45) is 0.771. The number of benzene rings is 2. The van der Waals surface area contributed by atoms with E-state index < -0.39 is 26.9 Å². The van der Waals surface area contributed by atoms with Crippen LogP contribution in [0.25, 0.3) is 0 Å². The molecule has 0 fully saturated rings. The second kappa shape index (κ2) is 8.62. The van der Waals surface area contributed by atoms with Crippen molar-refractivity contribution in [1.29, 1.82) is 0 Å². The molecule has 0 aromatic heterocycles. The van der Waals surface area contributed by atoms with Crippen LogP contribution in [-0.4, -0.2) is 28.1 Å². The molecule has 2 aromatic rings. The van der Waals surface area contributed by atoms with Gasteiger partial charge in [-0.05, 0) is 42.8 Å². The lowest BCUT2D eigenvalue weighted by Gasteiger charge is -2.15. The molecule has 0 aliphatic carbocycles. The molecule has 1 unspecified atom stereocenters. The van der Waals surface area contributed by atoms with Crippen LogP contribution < -0.4 is 4.74 Å². The molecular weight excluding hydrogens is 359 g/mol. The highest BCUT2D eigenvalue weighted by molar-refractivity contribution is 7.91. The minimum absolute atomic E-state index is 0.0126. The molecule has 0 aliphatic rings. The first-order valence-corrected chi connectivity index (χ1v) is 9.42. The predicted molar refractivity (Wildman–Crippen MR) is 95.2 cm³/mol. The second-order valence-electron chi connectivity index (χ2n) is 5.29. The molecule has 0 radical (unpaired) electrons. The highest BCUT2D eigenvalue weighted by Gasteiger charge is 2.29. The smallest absolute Gasteiger partial charge is 0.366 e. The molecule has 0 saturated carbocycles. The van der Waals surface area contributed by atoms with Gasteiger partial charge in [0.1, 0.15) is 11.0 Å². The maximum atomic E-state index is 14.2. The summed E-state index contributed by atoms with van der Waals surface area (Å²) in [6.45, 7) is 1.52. The van der Waals surface area contributed by atoms with Gasteiger partial charge in [-0.15, -0.1) is 0 Å². The number of carbonyl (C=O) groups is 1. The number of rotatable bonds is 7. The molecule has 0 N–H and O–H groups in total. The summed E-state index contributed by atoms with van der Waals surface area (Å²) in [5.41, 5.74) is 0.336. The van der Waals surface area contributed by atoms with Crippen molar-refractivity contribution in [2.45, 2.75) is 17.1 Å². The van der Waals surface area contributed by atoms with Crippen molar-refractivity contribution in [1.82, 2.24) is 0 Å². The molecule has 2 aromatic carbocycles. The monoisotopic (exact) mass is 378 g/mol. The molecule has 0 spiro atoms. The topological polar surface area (TPSA) is 69.7 Å². The van der Waals surface area contributed by atoms with E-state index in [0.717, 1.165) is 6.08 Å². The zero-order valence-electron chi connectivity index (χ0n) is 14.4. The molecule has 0 bridgehead atoms. The first-order chi connectivity index (χ1) is 12.4. The SMILES string of the molecule is CCOC(=O)/C(F)=C/C(c1ccccc1)S(=O)(=O)c1ccc(OC)cc1. The van der Waals surface area contributed by atoms with Crippen LogP contribution in [0.5, 0.6) is 5.75 Å². The Bertz CT molecular complexity index is 874.